The maximum absolute atomic E-state index is 13.0. The second kappa shape index (κ2) is 8.31. The first-order valence-corrected chi connectivity index (χ1v) is 10.1. The Morgan fingerprint density at radius 2 is 2.04 bits per heavy atom. The van der Waals surface area contributed by atoms with Crippen LogP contribution in [-0.4, -0.2) is 35.7 Å². The fourth-order valence-corrected chi connectivity index (χ4v) is 3.43. The molecule has 0 bridgehead atoms. The van der Waals surface area contributed by atoms with Crippen molar-refractivity contribution in [2.45, 2.75) is 39.2 Å². The molecule has 0 atom stereocenters. The molecule has 0 aliphatic carbocycles. The third kappa shape index (κ3) is 5.10. The highest BCUT2D eigenvalue weighted by Gasteiger charge is 2.26. The molecule has 0 fully saturated rings. The molecular weight excluding hydrogens is 422 g/mol. The summed E-state index contributed by atoms with van der Waals surface area (Å²) in [4.78, 5) is 30.9. The van der Waals surface area contributed by atoms with Crippen LogP contribution in [0.5, 0.6) is 0 Å². The minimum atomic E-state index is -0.521. The van der Waals surface area contributed by atoms with Crippen molar-refractivity contribution < 1.29 is 14.3 Å². The molecule has 3 rings (SSSR count). The van der Waals surface area contributed by atoms with Gasteiger partial charge < -0.3 is 15.0 Å². The summed E-state index contributed by atoms with van der Waals surface area (Å²) in [6.07, 6.45) is 0.929. The third-order valence-electron chi connectivity index (χ3n) is 4.28. The number of alkyl carbamates (subject to hydrolysis) is 1. The number of benzene rings is 1. The molecule has 1 aromatic carbocycles. The summed E-state index contributed by atoms with van der Waals surface area (Å²) in [5.74, 6) is -0.0372. The fraction of sp³-hybridized carbons (Fsp3) is 0.381. The largest absolute Gasteiger partial charge is 0.444 e. The van der Waals surface area contributed by atoms with Gasteiger partial charge in [0.1, 0.15) is 10.2 Å². The number of carbonyl (C=O) groups excluding carboxylic acids is 2. The second-order valence-corrected chi connectivity index (χ2v) is 8.50. The van der Waals surface area contributed by atoms with Crippen molar-refractivity contribution in [1.29, 1.82) is 0 Å². The number of pyridine rings is 1. The molecule has 1 N–H and O–H groups in total. The number of aromatic nitrogens is 1. The van der Waals surface area contributed by atoms with Crippen molar-refractivity contribution >= 4 is 33.6 Å². The zero-order chi connectivity index (χ0) is 20.3. The molecule has 1 aromatic heterocycles. The number of rotatable bonds is 4. The second-order valence-electron chi connectivity index (χ2n) is 7.69. The highest BCUT2D eigenvalue weighted by molar-refractivity contribution is 9.10. The molecule has 2 heterocycles. The molecule has 7 heteroatoms. The highest BCUT2D eigenvalue weighted by Crippen LogP contribution is 2.29. The van der Waals surface area contributed by atoms with Crippen LogP contribution in [0.4, 0.5) is 10.5 Å². The number of hydrogen-bond acceptors (Lipinski definition) is 4. The van der Waals surface area contributed by atoms with Crippen molar-refractivity contribution in [3.63, 3.8) is 0 Å². The molecule has 28 heavy (non-hydrogen) atoms. The maximum atomic E-state index is 13.0. The van der Waals surface area contributed by atoms with E-state index in [9.17, 15) is 9.59 Å². The molecule has 2 amide bonds. The van der Waals surface area contributed by atoms with Gasteiger partial charge in [-0.2, -0.15) is 0 Å². The summed E-state index contributed by atoms with van der Waals surface area (Å²) in [5, 5.41) is 2.74. The number of halogens is 1. The van der Waals surface area contributed by atoms with E-state index in [-0.39, 0.29) is 5.91 Å². The van der Waals surface area contributed by atoms with Gasteiger partial charge in [-0.25, -0.2) is 9.78 Å². The van der Waals surface area contributed by atoms with Crippen molar-refractivity contribution in [3.8, 4) is 0 Å². The van der Waals surface area contributed by atoms with Crippen LogP contribution in [0.3, 0.4) is 0 Å². The lowest BCUT2D eigenvalue weighted by atomic mass is 10.1. The van der Waals surface area contributed by atoms with Crippen LogP contribution in [0.25, 0.3) is 0 Å². The van der Waals surface area contributed by atoms with Crippen LogP contribution < -0.4 is 10.2 Å². The lowest BCUT2D eigenvalue weighted by molar-refractivity contribution is 0.0528. The first-order chi connectivity index (χ1) is 13.2. The van der Waals surface area contributed by atoms with Gasteiger partial charge in [0, 0.05) is 25.1 Å². The molecule has 1 aliphatic heterocycles. The number of anilines is 1. The lowest BCUT2D eigenvalue weighted by Crippen LogP contribution is -2.33. The van der Waals surface area contributed by atoms with Crippen molar-refractivity contribution in [2.24, 2.45) is 0 Å². The number of carbonyl (C=O) groups is 2. The third-order valence-corrected chi connectivity index (χ3v) is 4.72. The molecule has 0 spiro atoms. The Balaban J connectivity index is 1.62. The van der Waals surface area contributed by atoms with E-state index in [1.807, 2.05) is 57.2 Å². The van der Waals surface area contributed by atoms with Gasteiger partial charge in [-0.1, -0.05) is 12.1 Å². The van der Waals surface area contributed by atoms with E-state index < -0.39 is 11.7 Å². The van der Waals surface area contributed by atoms with Crippen LogP contribution in [0, 0.1) is 0 Å². The van der Waals surface area contributed by atoms with E-state index in [1.54, 1.807) is 4.90 Å². The Labute approximate surface area is 173 Å². The molecule has 6 nitrogen and oxygen atoms in total. The quantitative estimate of drug-likeness (QED) is 0.718. The Morgan fingerprint density at radius 3 is 2.79 bits per heavy atom. The molecule has 0 saturated heterocycles. The summed E-state index contributed by atoms with van der Waals surface area (Å²) >= 11 is 3.37. The molecular formula is C21H24BrN3O3. The van der Waals surface area contributed by atoms with Gasteiger partial charge >= 0.3 is 6.09 Å². The highest BCUT2D eigenvalue weighted by atomic mass is 79.9. The number of nitrogens with zero attached hydrogens (tertiary/aromatic N) is 2. The standard InChI is InChI=1S/C21H24BrN3O3/c1-21(2,3)28-20(27)23-11-9-14-5-4-6-15(13-14)19(26)25-12-10-16-17(25)7-8-18(22)24-16/h4-8,13H,9-12H2,1-3H3,(H,23,27). The van der Waals surface area contributed by atoms with Gasteiger partial charge in [0.25, 0.3) is 5.91 Å². The summed E-state index contributed by atoms with van der Waals surface area (Å²) in [6, 6.07) is 11.3. The molecule has 148 valence electrons. The van der Waals surface area contributed by atoms with E-state index in [1.165, 1.54) is 0 Å². The van der Waals surface area contributed by atoms with E-state index in [0.29, 0.717) is 25.1 Å². The maximum Gasteiger partial charge on any atom is 0.407 e. The van der Waals surface area contributed by atoms with Crippen molar-refractivity contribution in [3.05, 3.63) is 57.8 Å². The average Bonchev–Trinajstić information content (AvgIpc) is 3.02. The van der Waals surface area contributed by atoms with Crippen LogP contribution in [-0.2, 0) is 17.6 Å². The van der Waals surface area contributed by atoms with Crippen molar-refractivity contribution in [2.75, 3.05) is 18.0 Å². The smallest absolute Gasteiger partial charge is 0.407 e. The van der Waals surface area contributed by atoms with Gasteiger partial charge in [-0.15, -0.1) is 0 Å². The zero-order valence-corrected chi connectivity index (χ0v) is 17.9. The summed E-state index contributed by atoms with van der Waals surface area (Å²) in [5.41, 5.74) is 2.89. The zero-order valence-electron chi connectivity index (χ0n) is 16.3. The van der Waals surface area contributed by atoms with E-state index in [0.717, 1.165) is 28.0 Å². The predicted molar refractivity (Wildman–Crippen MR) is 112 cm³/mol. The topological polar surface area (TPSA) is 71.5 Å². The Morgan fingerprint density at radius 1 is 1.25 bits per heavy atom. The van der Waals surface area contributed by atoms with E-state index in [2.05, 4.69) is 26.2 Å². The summed E-state index contributed by atoms with van der Waals surface area (Å²) in [6.45, 7) is 6.55. The summed E-state index contributed by atoms with van der Waals surface area (Å²) in [7, 11) is 0. The number of hydrogen-bond donors (Lipinski definition) is 1. The number of amides is 2. The monoisotopic (exact) mass is 445 g/mol. The fourth-order valence-electron chi connectivity index (χ4n) is 3.08. The minimum absolute atomic E-state index is 0.0372. The van der Waals surface area contributed by atoms with Crippen LogP contribution in [0.15, 0.2) is 41.0 Å². The predicted octanol–water partition coefficient (Wildman–Crippen LogP) is 4.11. The molecule has 0 radical (unpaired) electrons. The van der Waals surface area contributed by atoms with E-state index >= 15 is 0 Å². The molecule has 0 unspecified atom stereocenters. The lowest BCUT2D eigenvalue weighted by Gasteiger charge is -2.19. The van der Waals surface area contributed by atoms with Gasteiger partial charge in [0.2, 0.25) is 0 Å². The van der Waals surface area contributed by atoms with Crippen LogP contribution in [0.2, 0.25) is 0 Å². The van der Waals surface area contributed by atoms with Crippen molar-refractivity contribution in [1.82, 2.24) is 10.3 Å². The van der Waals surface area contributed by atoms with Crippen LogP contribution in [0.1, 0.15) is 42.4 Å². The van der Waals surface area contributed by atoms with Gasteiger partial charge in [0.05, 0.1) is 11.4 Å². The van der Waals surface area contributed by atoms with E-state index in [4.69, 9.17) is 4.74 Å². The van der Waals surface area contributed by atoms with Crippen LogP contribution >= 0.6 is 15.9 Å². The molecule has 1 aliphatic rings. The Hall–Kier alpha value is -2.41. The van der Waals surface area contributed by atoms with Gasteiger partial charge in [0.15, 0.2) is 0 Å². The average molecular weight is 446 g/mol. The summed E-state index contributed by atoms with van der Waals surface area (Å²) < 4.78 is 6.00. The Kier molecular flexibility index (Phi) is 6.03. The number of ether oxygens (including phenoxy) is 1. The van der Waals surface area contributed by atoms with Gasteiger partial charge in [-0.05, 0) is 73.0 Å². The number of nitrogens with one attached hydrogen (secondary N) is 1. The minimum Gasteiger partial charge on any atom is -0.444 e. The molecule has 0 saturated carbocycles. The molecule has 2 aromatic rings. The first-order valence-electron chi connectivity index (χ1n) is 9.26. The SMILES string of the molecule is CC(C)(C)OC(=O)NCCc1cccc(C(=O)N2CCc3nc(Br)ccc32)c1. The normalized spacial score (nSPS) is 13.2. The van der Waals surface area contributed by atoms with Gasteiger partial charge in [-0.3, -0.25) is 4.79 Å². The number of fused-ring (bicyclic) bond motifs is 1. The first kappa shape index (κ1) is 20.3. The Bertz CT molecular complexity index is 893.